The first-order valence-corrected chi connectivity index (χ1v) is 9.41. The van der Waals surface area contributed by atoms with E-state index in [2.05, 4.69) is 20.4 Å². The van der Waals surface area contributed by atoms with E-state index in [0.29, 0.717) is 35.6 Å². The van der Waals surface area contributed by atoms with E-state index in [1.54, 1.807) is 11.6 Å². The molecule has 0 saturated heterocycles. The monoisotopic (exact) mass is 387 g/mol. The Hall–Kier alpha value is -2.81. The van der Waals surface area contributed by atoms with E-state index in [0.717, 1.165) is 11.4 Å². The van der Waals surface area contributed by atoms with Crippen LogP contribution in [0.2, 0.25) is 0 Å². The Morgan fingerprint density at radius 3 is 2.78 bits per heavy atom. The number of amides is 1. The van der Waals surface area contributed by atoms with E-state index < -0.39 is 0 Å². The highest BCUT2D eigenvalue weighted by atomic mass is 32.2. The van der Waals surface area contributed by atoms with Crippen molar-refractivity contribution in [2.45, 2.75) is 19.0 Å². The minimum absolute atomic E-state index is 0.108. The average molecular weight is 387 g/mol. The molecule has 27 heavy (non-hydrogen) atoms. The van der Waals surface area contributed by atoms with Crippen LogP contribution < -0.4 is 14.8 Å². The number of para-hydroxylation sites is 2. The van der Waals surface area contributed by atoms with Gasteiger partial charge in [-0.25, -0.2) is 9.50 Å². The minimum atomic E-state index is -0.108. The van der Waals surface area contributed by atoms with Gasteiger partial charge in [-0.1, -0.05) is 23.9 Å². The van der Waals surface area contributed by atoms with Crippen molar-refractivity contribution in [2.75, 3.05) is 26.0 Å². The molecule has 0 aliphatic rings. The minimum Gasteiger partial charge on any atom is -0.493 e. The van der Waals surface area contributed by atoms with Gasteiger partial charge >= 0.3 is 0 Å². The summed E-state index contributed by atoms with van der Waals surface area (Å²) in [7, 11) is 1.59. The van der Waals surface area contributed by atoms with E-state index in [9.17, 15) is 4.79 Å². The fourth-order valence-corrected chi connectivity index (χ4v) is 3.13. The quantitative estimate of drug-likeness (QED) is 0.467. The third kappa shape index (κ3) is 4.88. The first kappa shape index (κ1) is 19.0. The molecule has 8 nitrogen and oxygen atoms in total. The number of methoxy groups -OCH3 is 1. The molecule has 0 unspecified atom stereocenters. The van der Waals surface area contributed by atoms with Crippen LogP contribution in [0.4, 0.5) is 0 Å². The summed E-state index contributed by atoms with van der Waals surface area (Å²) in [5.41, 5.74) is 1.84. The Labute approximate surface area is 161 Å². The third-order valence-electron chi connectivity index (χ3n) is 3.68. The molecule has 0 aliphatic carbocycles. The number of aromatic nitrogens is 4. The predicted molar refractivity (Wildman–Crippen MR) is 102 cm³/mol. The van der Waals surface area contributed by atoms with Crippen molar-refractivity contribution in [1.29, 1.82) is 0 Å². The van der Waals surface area contributed by atoms with E-state index in [-0.39, 0.29) is 11.7 Å². The van der Waals surface area contributed by atoms with Crippen LogP contribution >= 0.6 is 11.8 Å². The first-order valence-electron chi connectivity index (χ1n) is 8.43. The summed E-state index contributed by atoms with van der Waals surface area (Å²) < 4.78 is 12.5. The van der Waals surface area contributed by atoms with Crippen molar-refractivity contribution < 1.29 is 14.3 Å². The zero-order valence-electron chi connectivity index (χ0n) is 15.4. The maximum Gasteiger partial charge on any atom is 0.253 e. The average Bonchev–Trinajstić information content (AvgIpc) is 3.07. The molecule has 0 radical (unpaired) electrons. The van der Waals surface area contributed by atoms with Gasteiger partial charge in [-0.05, 0) is 32.0 Å². The molecule has 0 aliphatic heterocycles. The van der Waals surface area contributed by atoms with Gasteiger partial charge in [0.05, 0.1) is 19.4 Å². The highest BCUT2D eigenvalue weighted by Crippen LogP contribution is 2.25. The highest BCUT2D eigenvalue weighted by Gasteiger charge is 2.10. The maximum absolute atomic E-state index is 12.0. The number of benzene rings is 1. The van der Waals surface area contributed by atoms with E-state index in [4.69, 9.17) is 9.47 Å². The molecule has 3 rings (SSSR count). The molecule has 0 bridgehead atoms. The molecule has 9 heteroatoms. The van der Waals surface area contributed by atoms with Crippen molar-refractivity contribution in [2.24, 2.45) is 0 Å². The second kappa shape index (κ2) is 8.72. The van der Waals surface area contributed by atoms with Gasteiger partial charge in [-0.15, -0.1) is 5.10 Å². The van der Waals surface area contributed by atoms with Gasteiger partial charge < -0.3 is 14.8 Å². The summed E-state index contributed by atoms with van der Waals surface area (Å²) in [5.74, 6) is 1.97. The number of carbonyl (C=O) groups excluding carboxylic acids is 1. The molecule has 3 aromatic rings. The summed E-state index contributed by atoms with van der Waals surface area (Å²) in [6, 6.07) is 9.32. The molecule has 0 fully saturated rings. The number of nitrogens with zero attached hydrogens (tertiary/aromatic N) is 4. The van der Waals surface area contributed by atoms with E-state index >= 15 is 0 Å². The molecule has 0 saturated carbocycles. The van der Waals surface area contributed by atoms with Crippen LogP contribution in [0.25, 0.3) is 5.78 Å². The van der Waals surface area contributed by atoms with Gasteiger partial charge in [-0.2, -0.15) is 4.98 Å². The second-order valence-corrected chi connectivity index (χ2v) is 6.73. The standard InChI is InChI=1S/C18H21N5O3S/c1-12-10-13(2)23-17(20-12)21-18(22-23)27-11-16(24)19-8-9-26-15-7-5-4-6-14(15)25-3/h4-7,10H,8-9,11H2,1-3H3,(H,19,24). The lowest BCUT2D eigenvalue weighted by molar-refractivity contribution is -0.118. The number of nitrogens with one attached hydrogen (secondary N) is 1. The maximum atomic E-state index is 12.0. The second-order valence-electron chi connectivity index (χ2n) is 5.78. The molecule has 1 aromatic carbocycles. The Balaban J connectivity index is 1.44. The molecule has 1 amide bonds. The number of rotatable bonds is 8. The Morgan fingerprint density at radius 2 is 2.00 bits per heavy atom. The first-order chi connectivity index (χ1) is 13.1. The lowest BCUT2D eigenvalue weighted by atomic mass is 10.3. The van der Waals surface area contributed by atoms with Crippen LogP contribution in [0.5, 0.6) is 11.5 Å². The summed E-state index contributed by atoms with van der Waals surface area (Å²) in [5, 5.41) is 7.70. The van der Waals surface area contributed by atoms with Crippen molar-refractivity contribution in [1.82, 2.24) is 24.9 Å². The van der Waals surface area contributed by atoms with E-state index in [1.807, 2.05) is 44.2 Å². The summed E-state index contributed by atoms with van der Waals surface area (Å²) in [6.45, 7) is 4.61. The van der Waals surface area contributed by atoms with Crippen LogP contribution in [0.15, 0.2) is 35.5 Å². The molecule has 2 heterocycles. The molecule has 0 spiro atoms. The van der Waals surface area contributed by atoms with Crippen LogP contribution in [0, 0.1) is 13.8 Å². The van der Waals surface area contributed by atoms with Crippen molar-refractivity contribution in [3.8, 4) is 11.5 Å². The summed E-state index contributed by atoms with van der Waals surface area (Å²) in [6.07, 6.45) is 0. The van der Waals surface area contributed by atoms with Gasteiger partial charge in [0.2, 0.25) is 11.1 Å². The van der Waals surface area contributed by atoms with Gasteiger partial charge in [0.25, 0.3) is 5.78 Å². The molecular formula is C18H21N5O3S. The fraction of sp³-hybridized carbons (Fsp3) is 0.333. The number of thioether (sulfide) groups is 1. The number of fused-ring (bicyclic) bond motifs is 1. The molecule has 2 aromatic heterocycles. The fourth-order valence-electron chi connectivity index (χ4n) is 2.48. The number of ether oxygens (including phenoxy) is 2. The summed E-state index contributed by atoms with van der Waals surface area (Å²) >= 11 is 1.27. The Kier molecular flexibility index (Phi) is 6.12. The molecule has 1 N–H and O–H groups in total. The SMILES string of the molecule is COc1ccccc1OCCNC(=O)CSc1nc2nc(C)cc(C)n2n1. The van der Waals surface area contributed by atoms with Gasteiger partial charge in [0.15, 0.2) is 11.5 Å². The third-order valence-corrected chi connectivity index (χ3v) is 4.52. The lowest BCUT2D eigenvalue weighted by Crippen LogP contribution is -2.29. The molecule has 142 valence electrons. The molecule has 0 atom stereocenters. The predicted octanol–water partition coefficient (Wildman–Crippen LogP) is 2.04. The largest absolute Gasteiger partial charge is 0.493 e. The van der Waals surface area contributed by atoms with Crippen molar-refractivity contribution >= 4 is 23.4 Å². The number of carbonyl (C=O) groups is 1. The topological polar surface area (TPSA) is 90.6 Å². The zero-order valence-corrected chi connectivity index (χ0v) is 16.2. The van der Waals surface area contributed by atoms with E-state index in [1.165, 1.54) is 11.8 Å². The van der Waals surface area contributed by atoms with Crippen LogP contribution in [-0.4, -0.2) is 51.5 Å². The normalized spacial score (nSPS) is 10.8. The zero-order chi connectivity index (χ0) is 19.2. The Bertz CT molecular complexity index is 944. The smallest absolute Gasteiger partial charge is 0.253 e. The van der Waals surface area contributed by atoms with Crippen LogP contribution in [0.3, 0.4) is 0 Å². The number of aryl methyl sites for hydroxylation is 2. The van der Waals surface area contributed by atoms with Gasteiger partial charge in [-0.3, -0.25) is 4.79 Å². The number of hydrogen-bond acceptors (Lipinski definition) is 7. The molecular weight excluding hydrogens is 366 g/mol. The number of hydrogen-bond donors (Lipinski definition) is 1. The summed E-state index contributed by atoms with van der Waals surface area (Å²) in [4.78, 5) is 20.7. The van der Waals surface area contributed by atoms with Crippen molar-refractivity contribution in [3.63, 3.8) is 0 Å². The highest BCUT2D eigenvalue weighted by molar-refractivity contribution is 7.99. The van der Waals surface area contributed by atoms with Crippen LogP contribution in [-0.2, 0) is 4.79 Å². The van der Waals surface area contributed by atoms with Crippen molar-refractivity contribution in [3.05, 3.63) is 41.7 Å². The van der Waals surface area contributed by atoms with Gasteiger partial charge in [0, 0.05) is 11.4 Å². The van der Waals surface area contributed by atoms with Gasteiger partial charge in [0.1, 0.15) is 6.61 Å². The van der Waals surface area contributed by atoms with Crippen LogP contribution in [0.1, 0.15) is 11.4 Å². The lowest BCUT2D eigenvalue weighted by Gasteiger charge is -2.10. The Morgan fingerprint density at radius 1 is 1.22 bits per heavy atom.